The fourth-order valence-corrected chi connectivity index (χ4v) is 4.33. The molecule has 2 heterocycles. The van der Waals surface area contributed by atoms with Gasteiger partial charge in [-0.1, -0.05) is 29.8 Å². The molecule has 1 fully saturated rings. The molecule has 2 aliphatic heterocycles. The number of rotatable bonds is 4. The number of aryl methyl sites for hydroxylation is 1. The molecule has 0 unspecified atom stereocenters. The molecule has 2 aromatic rings. The van der Waals surface area contributed by atoms with E-state index in [1.54, 1.807) is 7.11 Å². The lowest BCUT2D eigenvalue weighted by Crippen LogP contribution is -2.51. The van der Waals surface area contributed by atoms with Gasteiger partial charge in [0, 0.05) is 37.7 Å². The van der Waals surface area contributed by atoms with E-state index < -0.39 is 12.2 Å². The van der Waals surface area contributed by atoms with Gasteiger partial charge in [-0.25, -0.2) is 0 Å². The molecule has 2 aromatic carbocycles. The van der Waals surface area contributed by atoms with E-state index in [9.17, 15) is 10.2 Å². The summed E-state index contributed by atoms with van der Waals surface area (Å²) < 4.78 is 11.7. The molecule has 0 radical (unpaired) electrons. The molecule has 0 bridgehead atoms. The van der Waals surface area contributed by atoms with Crippen molar-refractivity contribution in [2.24, 2.45) is 0 Å². The van der Waals surface area contributed by atoms with Gasteiger partial charge in [-0.2, -0.15) is 0 Å². The predicted molar refractivity (Wildman–Crippen MR) is 108 cm³/mol. The van der Waals surface area contributed by atoms with Crippen molar-refractivity contribution in [3.63, 3.8) is 0 Å². The van der Waals surface area contributed by atoms with E-state index in [2.05, 4.69) is 4.90 Å². The third kappa shape index (κ3) is 3.88. The highest BCUT2D eigenvalue weighted by molar-refractivity contribution is 5.44. The van der Waals surface area contributed by atoms with Crippen molar-refractivity contribution in [2.75, 3.05) is 26.7 Å². The zero-order valence-corrected chi connectivity index (χ0v) is 16.6. The summed E-state index contributed by atoms with van der Waals surface area (Å²) in [6.45, 7) is 4.35. The van der Waals surface area contributed by atoms with Crippen LogP contribution in [0, 0.1) is 6.92 Å². The first kappa shape index (κ1) is 19.2. The first-order valence-corrected chi connectivity index (χ1v) is 10.00. The molecule has 1 saturated heterocycles. The van der Waals surface area contributed by atoms with Crippen LogP contribution in [0.2, 0.25) is 0 Å². The average molecular weight is 383 g/mol. The van der Waals surface area contributed by atoms with Gasteiger partial charge in [-0.05, 0) is 37.5 Å². The van der Waals surface area contributed by atoms with Crippen LogP contribution in [0.1, 0.15) is 48.2 Å². The molecular weight excluding hydrogens is 354 g/mol. The van der Waals surface area contributed by atoms with Gasteiger partial charge in [-0.15, -0.1) is 0 Å². The second-order valence-corrected chi connectivity index (χ2v) is 8.14. The molecule has 0 aromatic heterocycles. The summed E-state index contributed by atoms with van der Waals surface area (Å²) in [6.07, 6.45) is 1.28. The van der Waals surface area contributed by atoms with Crippen molar-refractivity contribution in [1.29, 1.82) is 0 Å². The van der Waals surface area contributed by atoms with Crippen molar-refractivity contribution in [1.82, 2.24) is 4.90 Å². The summed E-state index contributed by atoms with van der Waals surface area (Å²) in [4.78, 5) is 2.28. The number of hydrogen-bond acceptors (Lipinski definition) is 5. The predicted octanol–water partition coefficient (Wildman–Crippen LogP) is 3.39. The minimum atomic E-state index is -0.514. The van der Waals surface area contributed by atoms with Gasteiger partial charge in [0.1, 0.15) is 17.1 Å². The maximum Gasteiger partial charge on any atom is 0.129 e. The van der Waals surface area contributed by atoms with Crippen molar-refractivity contribution in [2.45, 2.75) is 44.0 Å². The van der Waals surface area contributed by atoms with Crippen LogP contribution in [0.3, 0.4) is 0 Å². The summed E-state index contributed by atoms with van der Waals surface area (Å²) in [6, 6.07) is 13.7. The number of fused-ring (bicyclic) bond motifs is 1. The SMILES string of the molecule is COc1ccc2c(c1)OC1(CCN(C[C@@H](O)c3ccc(C)cc3)CC1)C[C@@H]2O. The number of β-amino-alcohol motifs (C(OH)–C–C–N with tert-alkyl or cyclic N) is 1. The van der Waals surface area contributed by atoms with E-state index in [1.165, 1.54) is 5.56 Å². The molecular formula is C23H29NO4. The second kappa shape index (κ2) is 7.74. The molecule has 2 atom stereocenters. The lowest BCUT2D eigenvalue weighted by atomic mass is 9.81. The lowest BCUT2D eigenvalue weighted by Gasteiger charge is -2.46. The molecule has 4 rings (SSSR count). The largest absolute Gasteiger partial charge is 0.497 e. The van der Waals surface area contributed by atoms with E-state index in [1.807, 2.05) is 49.4 Å². The first-order valence-electron chi connectivity index (χ1n) is 10.00. The van der Waals surface area contributed by atoms with E-state index in [4.69, 9.17) is 9.47 Å². The Kier molecular flexibility index (Phi) is 5.32. The van der Waals surface area contributed by atoms with E-state index >= 15 is 0 Å². The van der Waals surface area contributed by atoms with Crippen LogP contribution in [0.15, 0.2) is 42.5 Å². The Morgan fingerprint density at radius 2 is 1.89 bits per heavy atom. The number of aliphatic hydroxyl groups is 2. The standard InChI is InChI=1S/C23H29NO4/c1-16-3-5-17(6-4-16)21(26)15-24-11-9-23(10-12-24)14-20(25)19-8-7-18(27-2)13-22(19)28-23/h3-8,13,20-21,25-26H,9-12,14-15H2,1-2H3/t20-,21+/m0/s1. The lowest BCUT2D eigenvalue weighted by molar-refractivity contribution is -0.0588. The highest BCUT2D eigenvalue weighted by Crippen LogP contribution is 2.45. The van der Waals surface area contributed by atoms with Gasteiger partial charge in [0.2, 0.25) is 0 Å². The van der Waals surface area contributed by atoms with Crippen molar-refractivity contribution in [3.05, 3.63) is 59.2 Å². The van der Waals surface area contributed by atoms with Gasteiger partial charge < -0.3 is 24.6 Å². The normalized spacial score (nSPS) is 22.4. The molecule has 0 aliphatic carbocycles. The molecule has 2 N–H and O–H groups in total. The van der Waals surface area contributed by atoms with Gasteiger partial charge in [-0.3, -0.25) is 0 Å². The van der Waals surface area contributed by atoms with Crippen LogP contribution >= 0.6 is 0 Å². The third-order valence-corrected chi connectivity index (χ3v) is 6.13. The molecule has 0 saturated carbocycles. The molecule has 150 valence electrons. The van der Waals surface area contributed by atoms with Crippen LogP contribution < -0.4 is 9.47 Å². The molecule has 0 amide bonds. The Morgan fingerprint density at radius 3 is 2.57 bits per heavy atom. The molecule has 1 spiro atoms. The van der Waals surface area contributed by atoms with Crippen molar-refractivity contribution >= 4 is 0 Å². The fraction of sp³-hybridized carbons (Fsp3) is 0.478. The van der Waals surface area contributed by atoms with E-state index in [-0.39, 0.29) is 5.60 Å². The second-order valence-electron chi connectivity index (χ2n) is 8.14. The minimum Gasteiger partial charge on any atom is -0.497 e. The number of methoxy groups -OCH3 is 1. The van der Waals surface area contributed by atoms with E-state index in [0.29, 0.717) is 13.0 Å². The fourth-order valence-electron chi connectivity index (χ4n) is 4.33. The van der Waals surface area contributed by atoms with Crippen LogP contribution in [0.25, 0.3) is 0 Å². The van der Waals surface area contributed by atoms with Crippen LogP contribution in [-0.4, -0.2) is 47.5 Å². The minimum absolute atomic E-state index is 0.343. The Bertz CT molecular complexity index is 812. The maximum atomic E-state index is 10.7. The zero-order chi connectivity index (χ0) is 19.7. The summed E-state index contributed by atoms with van der Waals surface area (Å²) in [5.74, 6) is 1.47. The molecule has 2 aliphatic rings. The Hall–Kier alpha value is -2.08. The molecule has 5 heteroatoms. The zero-order valence-electron chi connectivity index (χ0n) is 16.6. The first-order chi connectivity index (χ1) is 13.5. The van der Waals surface area contributed by atoms with E-state index in [0.717, 1.165) is 48.6 Å². The summed E-state index contributed by atoms with van der Waals surface area (Å²) in [5.41, 5.74) is 2.64. The number of likely N-dealkylation sites (tertiary alicyclic amines) is 1. The van der Waals surface area contributed by atoms with Crippen LogP contribution in [-0.2, 0) is 0 Å². The molecule has 5 nitrogen and oxygen atoms in total. The van der Waals surface area contributed by atoms with Crippen molar-refractivity contribution in [3.8, 4) is 11.5 Å². The van der Waals surface area contributed by atoms with Gasteiger partial charge in [0.05, 0.1) is 19.3 Å². The summed E-state index contributed by atoms with van der Waals surface area (Å²) in [7, 11) is 1.63. The van der Waals surface area contributed by atoms with Crippen LogP contribution in [0.5, 0.6) is 11.5 Å². The van der Waals surface area contributed by atoms with Gasteiger partial charge in [0.25, 0.3) is 0 Å². The average Bonchev–Trinajstić information content (AvgIpc) is 2.70. The number of ether oxygens (including phenoxy) is 2. The number of aliphatic hydroxyl groups excluding tert-OH is 2. The highest BCUT2D eigenvalue weighted by atomic mass is 16.5. The monoisotopic (exact) mass is 383 g/mol. The Labute approximate surface area is 166 Å². The smallest absolute Gasteiger partial charge is 0.129 e. The number of benzene rings is 2. The van der Waals surface area contributed by atoms with Gasteiger partial charge in [0.15, 0.2) is 0 Å². The Morgan fingerprint density at radius 1 is 1.18 bits per heavy atom. The molecule has 28 heavy (non-hydrogen) atoms. The quantitative estimate of drug-likeness (QED) is 0.847. The Balaban J connectivity index is 1.40. The summed E-state index contributed by atoms with van der Waals surface area (Å²) >= 11 is 0. The summed E-state index contributed by atoms with van der Waals surface area (Å²) in [5, 5.41) is 21.2. The van der Waals surface area contributed by atoms with Crippen molar-refractivity contribution < 1.29 is 19.7 Å². The van der Waals surface area contributed by atoms with Gasteiger partial charge >= 0.3 is 0 Å². The number of piperidine rings is 1. The highest BCUT2D eigenvalue weighted by Gasteiger charge is 2.43. The maximum absolute atomic E-state index is 10.7. The number of hydrogen-bond donors (Lipinski definition) is 2. The topological polar surface area (TPSA) is 62.2 Å². The van der Waals surface area contributed by atoms with Crippen LogP contribution in [0.4, 0.5) is 0 Å². The third-order valence-electron chi connectivity index (χ3n) is 6.13. The number of nitrogens with zero attached hydrogens (tertiary/aromatic N) is 1.